The van der Waals surface area contributed by atoms with Crippen molar-refractivity contribution in [3.8, 4) is 0 Å². The number of rotatable bonds is 5. The van der Waals surface area contributed by atoms with Crippen molar-refractivity contribution in [3.63, 3.8) is 0 Å². The van der Waals surface area contributed by atoms with Crippen molar-refractivity contribution in [2.75, 3.05) is 0 Å². The molecule has 0 unspecified atom stereocenters. The van der Waals surface area contributed by atoms with Crippen LogP contribution in [0.2, 0.25) is 0 Å². The lowest BCUT2D eigenvalue weighted by Gasteiger charge is -2.36. The monoisotopic (exact) mass is 406 g/mol. The number of hydrogen-bond donors (Lipinski definition) is 1. The minimum Gasteiger partial charge on any atom is -0.368 e. The highest BCUT2D eigenvalue weighted by Gasteiger charge is 2.40. The summed E-state index contributed by atoms with van der Waals surface area (Å²) in [5.41, 5.74) is 7.40. The molecule has 0 fully saturated rings. The smallest absolute Gasteiger partial charge is 0.255 e. The second-order valence-corrected chi connectivity index (χ2v) is 7.30. The number of amides is 2. The van der Waals surface area contributed by atoms with Crippen LogP contribution in [0, 0.1) is 11.6 Å². The maximum absolute atomic E-state index is 14.4. The van der Waals surface area contributed by atoms with Gasteiger partial charge in [-0.25, -0.2) is 8.78 Å². The molecule has 0 saturated carbocycles. The van der Waals surface area contributed by atoms with Gasteiger partial charge in [-0.1, -0.05) is 48.5 Å². The summed E-state index contributed by atoms with van der Waals surface area (Å²) in [5.74, 6) is -2.50. The lowest BCUT2D eigenvalue weighted by Crippen LogP contribution is -2.43. The summed E-state index contributed by atoms with van der Waals surface area (Å²) in [4.78, 5) is 27.5. The molecule has 2 N–H and O–H groups in total. The fourth-order valence-electron chi connectivity index (χ4n) is 4.18. The van der Waals surface area contributed by atoms with Gasteiger partial charge in [-0.3, -0.25) is 9.59 Å². The van der Waals surface area contributed by atoms with Crippen LogP contribution >= 0.6 is 0 Å². The van der Waals surface area contributed by atoms with Gasteiger partial charge in [0.05, 0.1) is 6.04 Å². The van der Waals surface area contributed by atoms with Crippen molar-refractivity contribution in [1.29, 1.82) is 0 Å². The number of benzene rings is 3. The minimum atomic E-state index is -1.08. The Morgan fingerprint density at radius 2 is 1.60 bits per heavy atom. The van der Waals surface area contributed by atoms with Gasteiger partial charge in [0.2, 0.25) is 5.91 Å². The maximum atomic E-state index is 14.4. The van der Waals surface area contributed by atoms with Gasteiger partial charge in [0.15, 0.2) is 0 Å². The molecule has 3 aromatic carbocycles. The van der Waals surface area contributed by atoms with Gasteiger partial charge >= 0.3 is 0 Å². The van der Waals surface area contributed by atoms with Crippen molar-refractivity contribution < 1.29 is 18.4 Å². The SMILES string of the molecule is NC(=O)[C@H](c1ccccc1)N(C(=O)c1ccccc1)[C@@H]1CCc2c(F)cc(F)cc21. The first-order valence-corrected chi connectivity index (χ1v) is 9.67. The summed E-state index contributed by atoms with van der Waals surface area (Å²) >= 11 is 0. The van der Waals surface area contributed by atoms with Crippen molar-refractivity contribution >= 4 is 11.8 Å². The second-order valence-electron chi connectivity index (χ2n) is 7.30. The van der Waals surface area contributed by atoms with E-state index < -0.39 is 35.5 Å². The van der Waals surface area contributed by atoms with Crippen LogP contribution in [0.25, 0.3) is 0 Å². The number of fused-ring (bicyclic) bond motifs is 1. The van der Waals surface area contributed by atoms with Gasteiger partial charge < -0.3 is 10.6 Å². The van der Waals surface area contributed by atoms with Crippen LogP contribution in [0.15, 0.2) is 72.8 Å². The first-order chi connectivity index (χ1) is 14.5. The zero-order chi connectivity index (χ0) is 21.3. The lowest BCUT2D eigenvalue weighted by atomic mass is 9.98. The molecule has 0 bridgehead atoms. The molecule has 6 heteroatoms. The third-order valence-electron chi connectivity index (χ3n) is 5.48. The summed E-state index contributed by atoms with van der Waals surface area (Å²) in [7, 11) is 0. The third kappa shape index (κ3) is 3.56. The summed E-state index contributed by atoms with van der Waals surface area (Å²) in [5, 5.41) is 0. The highest BCUT2D eigenvalue weighted by Crippen LogP contribution is 2.42. The van der Waals surface area contributed by atoms with Crippen LogP contribution in [-0.4, -0.2) is 16.7 Å². The van der Waals surface area contributed by atoms with E-state index in [0.717, 1.165) is 6.07 Å². The molecule has 0 radical (unpaired) electrons. The number of carbonyl (C=O) groups is 2. The van der Waals surface area contributed by atoms with Gasteiger partial charge in [-0.2, -0.15) is 0 Å². The Morgan fingerprint density at radius 3 is 2.23 bits per heavy atom. The van der Waals surface area contributed by atoms with Gasteiger partial charge in [0, 0.05) is 11.6 Å². The van der Waals surface area contributed by atoms with Crippen molar-refractivity contribution in [2.24, 2.45) is 5.73 Å². The molecule has 1 aliphatic carbocycles. The largest absolute Gasteiger partial charge is 0.368 e. The molecule has 0 heterocycles. The van der Waals surface area contributed by atoms with Crippen LogP contribution in [0.3, 0.4) is 0 Å². The van der Waals surface area contributed by atoms with E-state index in [1.54, 1.807) is 60.7 Å². The van der Waals surface area contributed by atoms with E-state index in [2.05, 4.69) is 0 Å². The normalized spacial score (nSPS) is 16.0. The van der Waals surface area contributed by atoms with Crippen LogP contribution in [-0.2, 0) is 11.2 Å². The van der Waals surface area contributed by atoms with Gasteiger partial charge in [-0.15, -0.1) is 0 Å². The second kappa shape index (κ2) is 8.06. The van der Waals surface area contributed by atoms with Crippen LogP contribution < -0.4 is 5.73 Å². The molecule has 30 heavy (non-hydrogen) atoms. The van der Waals surface area contributed by atoms with Crippen molar-refractivity contribution in [3.05, 3.63) is 107 Å². The Hall–Kier alpha value is -3.54. The molecule has 0 spiro atoms. The number of hydrogen-bond acceptors (Lipinski definition) is 2. The Morgan fingerprint density at radius 1 is 0.967 bits per heavy atom. The molecule has 0 aliphatic heterocycles. The number of halogens is 2. The number of nitrogens with two attached hydrogens (primary N) is 1. The predicted molar refractivity (Wildman–Crippen MR) is 108 cm³/mol. The van der Waals surface area contributed by atoms with Crippen molar-refractivity contribution in [2.45, 2.75) is 24.9 Å². The van der Waals surface area contributed by atoms with Gasteiger partial charge in [-0.05, 0) is 47.7 Å². The lowest BCUT2D eigenvalue weighted by molar-refractivity contribution is -0.123. The summed E-state index contributed by atoms with van der Waals surface area (Å²) in [6.07, 6.45) is 0.704. The van der Waals surface area contributed by atoms with E-state index in [1.807, 2.05) is 0 Å². The zero-order valence-corrected chi connectivity index (χ0v) is 16.1. The highest BCUT2D eigenvalue weighted by molar-refractivity contribution is 5.98. The van der Waals surface area contributed by atoms with Gasteiger partial charge in [0.25, 0.3) is 5.91 Å². The average Bonchev–Trinajstić information content (AvgIpc) is 3.16. The maximum Gasteiger partial charge on any atom is 0.255 e. The first-order valence-electron chi connectivity index (χ1n) is 9.67. The van der Waals surface area contributed by atoms with E-state index in [4.69, 9.17) is 5.73 Å². The molecule has 4 rings (SSSR count). The number of carbonyl (C=O) groups excluding carboxylic acids is 2. The van der Waals surface area contributed by atoms with E-state index in [1.165, 1.54) is 11.0 Å². The Balaban J connectivity index is 1.88. The molecule has 2 atom stereocenters. The van der Waals surface area contributed by atoms with E-state index >= 15 is 0 Å². The topological polar surface area (TPSA) is 63.4 Å². The zero-order valence-electron chi connectivity index (χ0n) is 16.1. The molecule has 152 valence electrons. The summed E-state index contributed by atoms with van der Waals surface area (Å²) in [6, 6.07) is 17.5. The van der Waals surface area contributed by atoms with Crippen LogP contribution in [0.4, 0.5) is 8.78 Å². The minimum absolute atomic E-state index is 0.338. The number of primary amides is 1. The van der Waals surface area contributed by atoms with E-state index in [-0.39, 0.29) is 0 Å². The van der Waals surface area contributed by atoms with Gasteiger partial charge in [0.1, 0.15) is 17.7 Å². The molecule has 1 aliphatic rings. The Bertz CT molecular complexity index is 1090. The predicted octanol–water partition coefficient (Wildman–Crippen LogP) is 4.32. The highest BCUT2D eigenvalue weighted by atomic mass is 19.1. The Kier molecular flexibility index (Phi) is 5.31. The summed E-state index contributed by atoms with van der Waals surface area (Å²) < 4.78 is 28.4. The molecular formula is C24H20F2N2O2. The first kappa shape index (κ1) is 19.8. The quantitative estimate of drug-likeness (QED) is 0.686. The molecule has 3 aromatic rings. The average molecular weight is 406 g/mol. The van der Waals surface area contributed by atoms with Crippen molar-refractivity contribution in [1.82, 2.24) is 4.90 Å². The van der Waals surface area contributed by atoms with E-state index in [0.29, 0.717) is 35.1 Å². The van der Waals surface area contributed by atoms with Crippen LogP contribution in [0.1, 0.15) is 45.6 Å². The Labute approximate surface area is 172 Å². The standard InChI is InChI=1S/C24H20F2N2O2/c25-17-13-19-18(20(26)14-17)11-12-21(19)28(24(30)16-9-5-2-6-10-16)22(23(27)29)15-7-3-1-4-8-15/h1-10,13-14,21-22H,11-12H2,(H2,27,29)/t21-,22+/m1/s1. The third-order valence-corrected chi connectivity index (χ3v) is 5.48. The fourth-order valence-corrected chi connectivity index (χ4v) is 4.18. The molecule has 0 saturated heterocycles. The fraction of sp³-hybridized carbons (Fsp3) is 0.167. The number of nitrogens with zero attached hydrogens (tertiary/aromatic N) is 1. The molecule has 2 amide bonds. The molecule has 4 nitrogen and oxygen atoms in total. The van der Waals surface area contributed by atoms with E-state index in [9.17, 15) is 18.4 Å². The summed E-state index contributed by atoms with van der Waals surface area (Å²) in [6.45, 7) is 0. The van der Waals surface area contributed by atoms with Crippen LogP contribution in [0.5, 0.6) is 0 Å². The molecular weight excluding hydrogens is 386 g/mol. The molecule has 0 aromatic heterocycles.